The molecule has 0 atom stereocenters. The van der Waals surface area contributed by atoms with E-state index in [0.29, 0.717) is 11.5 Å². The third-order valence-corrected chi connectivity index (χ3v) is 3.04. The number of esters is 1. The molecule has 17 heavy (non-hydrogen) atoms. The molecule has 1 aromatic heterocycles. The number of carbonyl (C=O) groups is 1. The van der Waals surface area contributed by atoms with Gasteiger partial charge in [-0.3, -0.25) is 0 Å². The van der Waals surface area contributed by atoms with E-state index in [1.807, 2.05) is 0 Å². The lowest BCUT2D eigenvalue weighted by Gasteiger charge is -2.26. The molecule has 0 saturated heterocycles. The van der Waals surface area contributed by atoms with E-state index in [-0.39, 0.29) is 11.4 Å². The molecule has 0 unspecified atom stereocenters. The van der Waals surface area contributed by atoms with E-state index in [9.17, 15) is 9.90 Å². The fraction of sp³-hybridized carbons (Fsp3) is 0.600. The molecule has 0 saturated carbocycles. The number of methoxy groups -OCH3 is 1. The number of anilines is 2. The van der Waals surface area contributed by atoms with Crippen LogP contribution < -0.4 is 10.6 Å². The van der Waals surface area contributed by atoms with Crippen LogP contribution in [0.2, 0.25) is 0 Å². The van der Waals surface area contributed by atoms with Gasteiger partial charge in [0.15, 0.2) is 5.82 Å². The van der Waals surface area contributed by atoms with Crippen molar-refractivity contribution in [2.75, 3.05) is 31.3 Å². The summed E-state index contributed by atoms with van der Waals surface area (Å²) in [6.07, 6.45) is 0. The molecule has 0 radical (unpaired) electrons. The fourth-order valence-corrected chi connectivity index (χ4v) is 2.26. The first-order valence-corrected chi connectivity index (χ1v) is 5.80. The minimum Gasteiger partial charge on any atom is -0.465 e. The molecule has 0 bridgehead atoms. The van der Waals surface area contributed by atoms with Gasteiger partial charge in [-0.2, -0.15) is 4.37 Å². The number of hydrogen-bond donors (Lipinski definition) is 2. The molecule has 6 nitrogen and oxygen atoms in total. The summed E-state index contributed by atoms with van der Waals surface area (Å²) in [6, 6.07) is 0. The van der Waals surface area contributed by atoms with Crippen LogP contribution in [0.4, 0.5) is 10.8 Å². The second-order valence-electron chi connectivity index (χ2n) is 4.41. The standard InChI is InChI=1S/C10H17N3O3S/c1-10(2,15)5-13(3)8-6(9(14)16-4)7(11)12-17-8/h15H,5H2,1-4H3,(H2,11,12). The summed E-state index contributed by atoms with van der Waals surface area (Å²) in [5, 5.41) is 10.3. The highest BCUT2D eigenvalue weighted by atomic mass is 32.1. The number of nitrogens with zero attached hydrogens (tertiary/aromatic N) is 2. The van der Waals surface area contributed by atoms with E-state index in [1.54, 1.807) is 25.8 Å². The van der Waals surface area contributed by atoms with Crippen molar-refractivity contribution in [3.8, 4) is 0 Å². The summed E-state index contributed by atoms with van der Waals surface area (Å²) in [5.74, 6) is -0.367. The van der Waals surface area contributed by atoms with E-state index < -0.39 is 11.6 Å². The predicted molar refractivity (Wildman–Crippen MR) is 67.4 cm³/mol. The molecule has 0 amide bonds. The topological polar surface area (TPSA) is 88.7 Å². The minimum atomic E-state index is -0.874. The third kappa shape index (κ3) is 3.31. The van der Waals surface area contributed by atoms with Gasteiger partial charge in [0.2, 0.25) is 0 Å². The number of nitrogens with two attached hydrogens (primary N) is 1. The Morgan fingerprint density at radius 3 is 2.71 bits per heavy atom. The number of likely N-dealkylation sites (N-methyl/N-ethyl adjacent to an activating group) is 1. The van der Waals surface area contributed by atoms with Crippen molar-refractivity contribution in [2.24, 2.45) is 0 Å². The molecule has 3 N–H and O–H groups in total. The number of rotatable bonds is 4. The summed E-state index contributed by atoms with van der Waals surface area (Å²) in [7, 11) is 3.05. The number of carbonyl (C=O) groups excluding carboxylic acids is 1. The normalized spacial score (nSPS) is 11.4. The smallest absolute Gasteiger partial charge is 0.344 e. The molecule has 7 heteroatoms. The lowest BCUT2D eigenvalue weighted by atomic mass is 10.1. The first-order chi connectivity index (χ1) is 7.76. The van der Waals surface area contributed by atoms with Crippen LogP contribution in [0.1, 0.15) is 24.2 Å². The van der Waals surface area contributed by atoms with E-state index in [2.05, 4.69) is 9.11 Å². The largest absolute Gasteiger partial charge is 0.465 e. The highest BCUT2D eigenvalue weighted by Crippen LogP contribution is 2.31. The molecular weight excluding hydrogens is 242 g/mol. The second-order valence-corrected chi connectivity index (χ2v) is 5.16. The van der Waals surface area contributed by atoms with E-state index in [1.165, 1.54) is 7.11 Å². The highest BCUT2D eigenvalue weighted by Gasteiger charge is 2.25. The Kier molecular flexibility index (Phi) is 3.94. The third-order valence-electron chi connectivity index (χ3n) is 2.06. The molecule has 0 spiro atoms. The lowest BCUT2D eigenvalue weighted by Crippen LogP contribution is -2.36. The Hall–Kier alpha value is -1.34. The second kappa shape index (κ2) is 4.89. The van der Waals surface area contributed by atoms with Gasteiger partial charge in [0, 0.05) is 13.6 Å². The zero-order valence-electron chi connectivity index (χ0n) is 10.4. The SMILES string of the molecule is COC(=O)c1c(N)nsc1N(C)CC(C)(C)O. The maximum absolute atomic E-state index is 11.6. The molecular formula is C10H17N3O3S. The average Bonchev–Trinajstić information content (AvgIpc) is 2.56. The molecule has 0 aliphatic rings. The van der Waals surface area contributed by atoms with Crippen molar-refractivity contribution in [1.29, 1.82) is 0 Å². The summed E-state index contributed by atoms with van der Waals surface area (Å²) in [4.78, 5) is 13.3. The zero-order valence-corrected chi connectivity index (χ0v) is 11.2. The highest BCUT2D eigenvalue weighted by molar-refractivity contribution is 7.11. The van der Waals surface area contributed by atoms with Crippen LogP contribution in [0.15, 0.2) is 0 Å². The van der Waals surface area contributed by atoms with Crippen molar-refractivity contribution in [2.45, 2.75) is 19.4 Å². The Morgan fingerprint density at radius 1 is 1.65 bits per heavy atom. The molecule has 96 valence electrons. The van der Waals surface area contributed by atoms with Gasteiger partial charge < -0.3 is 20.5 Å². The molecule has 1 heterocycles. The summed E-state index contributed by atoms with van der Waals surface area (Å²) < 4.78 is 8.59. The van der Waals surface area contributed by atoms with Gasteiger partial charge in [0.05, 0.1) is 12.7 Å². The molecule has 1 rings (SSSR count). The number of aromatic nitrogens is 1. The Morgan fingerprint density at radius 2 is 2.24 bits per heavy atom. The maximum Gasteiger partial charge on any atom is 0.344 e. The van der Waals surface area contributed by atoms with Crippen molar-refractivity contribution < 1.29 is 14.6 Å². The Bertz CT molecular complexity index is 411. The van der Waals surface area contributed by atoms with Gasteiger partial charge in [0.1, 0.15) is 10.6 Å². The van der Waals surface area contributed by atoms with Crippen molar-refractivity contribution in [3.05, 3.63) is 5.56 Å². The molecule has 0 aliphatic carbocycles. The number of ether oxygens (including phenoxy) is 1. The minimum absolute atomic E-state index is 0.152. The van der Waals surface area contributed by atoms with Crippen LogP contribution in [0.5, 0.6) is 0 Å². The summed E-state index contributed by atoms with van der Waals surface area (Å²) in [5.41, 5.74) is 5.01. The summed E-state index contributed by atoms with van der Waals surface area (Å²) >= 11 is 1.11. The Balaban J connectivity index is 3.02. The van der Waals surface area contributed by atoms with E-state index in [4.69, 9.17) is 5.73 Å². The first-order valence-electron chi connectivity index (χ1n) is 5.03. The maximum atomic E-state index is 11.6. The fourth-order valence-electron chi connectivity index (χ4n) is 1.50. The first kappa shape index (κ1) is 13.7. The quantitative estimate of drug-likeness (QED) is 0.774. The van der Waals surface area contributed by atoms with Gasteiger partial charge in [-0.1, -0.05) is 0 Å². The monoisotopic (exact) mass is 259 g/mol. The van der Waals surface area contributed by atoms with Crippen LogP contribution >= 0.6 is 11.5 Å². The van der Waals surface area contributed by atoms with Crippen LogP contribution in [0.3, 0.4) is 0 Å². The van der Waals surface area contributed by atoms with Crippen LogP contribution in [-0.2, 0) is 4.74 Å². The van der Waals surface area contributed by atoms with Crippen molar-refractivity contribution in [3.63, 3.8) is 0 Å². The van der Waals surface area contributed by atoms with Gasteiger partial charge in [-0.25, -0.2) is 4.79 Å². The number of hydrogen-bond acceptors (Lipinski definition) is 7. The number of aliphatic hydroxyl groups is 1. The molecule has 0 fully saturated rings. The predicted octanol–water partition coefficient (Wildman–Crippen LogP) is 0.719. The van der Waals surface area contributed by atoms with Gasteiger partial charge in [0.25, 0.3) is 0 Å². The number of nitrogen functional groups attached to an aromatic ring is 1. The Labute approximate surface area is 104 Å². The van der Waals surface area contributed by atoms with Crippen LogP contribution in [-0.4, -0.2) is 41.8 Å². The molecule has 1 aromatic rings. The van der Waals surface area contributed by atoms with Gasteiger partial charge >= 0.3 is 5.97 Å². The van der Waals surface area contributed by atoms with Crippen molar-refractivity contribution >= 4 is 28.3 Å². The molecule has 0 aliphatic heterocycles. The zero-order chi connectivity index (χ0) is 13.2. The molecule has 0 aromatic carbocycles. The van der Waals surface area contributed by atoms with Crippen LogP contribution in [0, 0.1) is 0 Å². The lowest BCUT2D eigenvalue weighted by molar-refractivity contribution is 0.0601. The average molecular weight is 259 g/mol. The van der Waals surface area contributed by atoms with E-state index in [0.717, 1.165) is 11.5 Å². The van der Waals surface area contributed by atoms with Gasteiger partial charge in [-0.15, -0.1) is 0 Å². The van der Waals surface area contributed by atoms with Gasteiger partial charge in [-0.05, 0) is 25.4 Å². The van der Waals surface area contributed by atoms with Crippen molar-refractivity contribution in [1.82, 2.24) is 4.37 Å². The van der Waals surface area contributed by atoms with E-state index >= 15 is 0 Å². The van der Waals surface area contributed by atoms with Crippen LogP contribution in [0.25, 0.3) is 0 Å². The summed E-state index contributed by atoms with van der Waals surface area (Å²) in [6.45, 7) is 3.73.